The summed E-state index contributed by atoms with van der Waals surface area (Å²) in [5.41, 5.74) is 0.819. The van der Waals surface area contributed by atoms with Gasteiger partial charge in [-0.1, -0.05) is 35.3 Å². The van der Waals surface area contributed by atoms with E-state index in [-0.39, 0.29) is 25.0 Å². The number of amides is 2. The van der Waals surface area contributed by atoms with Crippen LogP contribution in [0.15, 0.2) is 46.9 Å². The van der Waals surface area contributed by atoms with Crippen LogP contribution >= 0.6 is 39.1 Å². The summed E-state index contributed by atoms with van der Waals surface area (Å²) in [5, 5.41) is 3.68. The molecule has 8 heteroatoms. The molecule has 27 heavy (non-hydrogen) atoms. The number of benzene rings is 2. The number of nitrogens with zero attached hydrogens (tertiary/aromatic N) is 1. The molecule has 0 fully saturated rings. The Morgan fingerprint density at radius 1 is 1.19 bits per heavy atom. The molecule has 0 aliphatic carbocycles. The molecule has 0 unspecified atom stereocenters. The summed E-state index contributed by atoms with van der Waals surface area (Å²) < 4.78 is 6.25. The third kappa shape index (κ3) is 6.13. The van der Waals surface area contributed by atoms with Crippen LogP contribution in [0.2, 0.25) is 10.0 Å². The summed E-state index contributed by atoms with van der Waals surface area (Å²) in [6.45, 7) is 1.68. The Hall–Kier alpha value is -1.76. The van der Waals surface area contributed by atoms with Crippen molar-refractivity contribution in [2.45, 2.75) is 19.5 Å². The SMILES string of the molecule is CNC(=O)[C@H](C)N(Cc1cccc(Cl)c1)C(=O)COc1ccc(Cl)cc1Br. The van der Waals surface area contributed by atoms with E-state index in [1.165, 1.54) is 11.9 Å². The molecule has 0 aliphatic rings. The van der Waals surface area contributed by atoms with Crippen molar-refractivity contribution in [2.75, 3.05) is 13.7 Å². The second-order valence-corrected chi connectivity index (χ2v) is 7.53. The van der Waals surface area contributed by atoms with E-state index in [1.54, 1.807) is 43.3 Å². The molecule has 2 rings (SSSR count). The second-order valence-electron chi connectivity index (χ2n) is 5.81. The van der Waals surface area contributed by atoms with Crippen LogP contribution in [0, 0.1) is 0 Å². The Bertz CT molecular complexity index is 832. The quantitative estimate of drug-likeness (QED) is 0.652. The molecule has 0 spiro atoms. The summed E-state index contributed by atoms with van der Waals surface area (Å²) >= 11 is 15.3. The molecule has 2 aromatic carbocycles. The predicted octanol–water partition coefficient (Wildman–Crippen LogP) is 4.30. The highest BCUT2D eigenvalue weighted by Crippen LogP contribution is 2.28. The van der Waals surface area contributed by atoms with Gasteiger partial charge in [-0.2, -0.15) is 0 Å². The number of carbonyl (C=O) groups is 2. The van der Waals surface area contributed by atoms with E-state index in [4.69, 9.17) is 27.9 Å². The van der Waals surface area contributed by atoms with Crippen molar-refractivity contribution in [3.8, 4) is 5.75 Å². The summed E-state index contributed by atoms with van der Waals surface area (Å²) in [6, 6.07) is 11.5. The van der Waals surface area contributed by atoms with Gasteiger partial charge in [0.25, 0.3) is 5.91 Å². The highest BCUT2D eigenvalue weighted by molar-refractivity contribution is 9.10. The van der Waals surface area contributed by atoms with Gasteiger partial charge in [-0.15, -0.1) is 0 Å². The van der Waals surface area contributed by atoms with Gasteiger partial charge < -0.3 is 15.0 Å². The summed E-state index contributed by atoms with van der Waals surface area (Å²) in [6.07, 6.45) is 0. The first-order valence-corrected chi connectivity index (χ1v) is 9.70. The molecular formula is C19H19BrCl2N2O3. The predicted molar refractivity (Wildman–Crippen MR) is 110 cm³/mol. The maximum absolute atomic E-state index is 12.8. The van der Waals surface area contributed by atoms with Crippen LogP contribution in [0.4, 0.5) is 0 Å². The molecule has 0 saturated carbocycles. The molecule has 0 bridgehead atoms. The average Bonchev–Trinajstić information content (AvgIpc) is 2.64. The van der Waals surface area contributed by atoms with E-state index >= 15 is 0 Å². The van der Waals surface area contributed by atoms with Gasteiger partial charge in [0.15, 0.2) is 6.61 Å². The van der Waals surface area contributed by atoms with Crippen LogP contribution in [0.25, 0.3) is 0 Å². The third-order valence-electron chi connectivity index (χ3n) is 3.90. The van der Waals surface area contributed by atoms with Crippen LogP contribution in [0.5, 0.6) is 5.75 Å². The van der Waals surface area contributed by atoms with Gasteiger partial charge in [-0.25, -0.2) is 0 Å². The standard InChI is InChI=1S/C19H19BrCl2N2O3/c1-12(19(26)23-2)24(10-13-4-3-5-14(21)8-13)18(25)11-27-17-7-6-15(22)9-16(17)20/h3-9,12H,10-11H2,1-2H3,(H,23,26)/t12-/m0/s1. The van der Waals surface area contributed by atoms with Gasteiger partial charge in [0.1, 0.15) is 11.8 Å². The zero-order valence-electron chi connectivity index (χ0n) is 14.8. The van der Waals surface area contributed by atoms with Crippen LogP contribution < -0.4 is 10.1 Å². The number of likely N-dealkylation sites (N-methyl/N-ethyl adjacent to an activating group) is 1. The average molecular weight is 474 g/mol. The molecular weight excluding hydrogens is 455 g/mol. The summed E-state index contributed by atoms with van der Waals surface area (Å²) in [4.78, 5) is 26.3. The molecule has 5 nitrogen and oxygen atoms in total. The molecule has 2 amide bonds. The topological polar surface area (TPSA) is 58.6 Å². The molecule has 144 valence electrons. The zero-order valence-corrected chi connectivity index (χ0v) is 17.9. The molecule has 0 saturated heterocycles. The highest BCUT2D eigenvalue weighted by Gasteiger charge is 2.26. The van der Waals surface area contributed by atoms with Crippen molar-refractivity contribution in [3.05, 3.63) is 62.5 Å². The lowest BCUT2D eigenvalue weighted by atomic mass is 10.1. The van der Waals surface area contributed by atoms with Crippen LogP contribution in [-0.4, -0.2) is 36.4 Å². The fourth-order valence-electron chi connectivity index (χ4n) is 2.44. The maximum Gasteiger partial charge on any atom is 0.261 e. The monoisotopic (exact) mass is 472 g/mol. The lowest BCUT2D eigenvalue weighted by Gasteiger charge is -2.28. The molecule has 1 N–H and O–H groups in total. The van der Waals surface area contributed by atoms with E-state index in [0.29, 0.717) is 20.3 Å². The molecule has 0 radical (unpaired) electrons. The van der Waals surface area contributed by atoms with E-state index in [2.05, 4.69) is 21.2 Å². The molecule has 0 aromatic heterocycles. The van der Waals surface area contributed by atoms with Crippen molar-refractivity contribution in [3.63, 3.8) is 0 Å². The Morgan fingerprint density at radius 2 is 1.89 bits per heavy atom. The first-order chi connectivity index (χ1) is 12.8. The van der Waals surface area contributed by atoms with Gasteiger partial charge in [-0.05, 0) is 58.7 Å². The third-order valence-corrected chi connectivity index (χ3v) is 4.99. The second kappa shape index (κ2) is 9.97. The van der Waals surface area contributed by atoms with E-state index < -0.39 is 6.04 Å². The van der Waals surface area contributed by atoms with E-state index in [1.807, 2.05) is 6.07 Å². The van der Waals surface area contributed by atoms with E-state index in [9.17, 15) is 9.59 Å². The number of rotatable bonds is 7. The van der Waals surface area contributed by atoms with Gasteiger partial charge in [0.05, 0.1) is 4.47 Å². The van der Waals surface area contributed by atoms with Crippen molar-refractivity contribution in [1.29, 1.82) is 0 Å². The van der Waals surface area contributed by atoms with Crippen molar-refractivity contribution in [2.24, 2.45) is 0 Å². The summed E-state index contributed by atoms with van der Waals surface area (Å²) in [7, 11) is 1.53. The largest absolute Gasteiger partial charge is 0.483 e. The minimum atomic E-state index is -0.668. The molecule has 2 aromatic rings. The van der Waals surface area contributed by atoms with E-state index in [0.717, 1.165) is 5.56 Å². The summed E-state index contributed by atoms with van der Waals surface area (Å²) in [5.74, 6) is -0.103. The lowest BCUT2D eigenvalue weighted by molar-refractivity contribution is -0.142. The highest BCUT2D eigenvalue weighted by atomic mass is 79.9. The van der Waals surface area contributed by atoms with Gasteiger partial charge in [0, 0.05) is 23.6 Å². The Balaban J connectivity index is 2.15. The normalized spacial score (nSPS) is 11.6. The molecule has 0 aliphatic heterocycles. The maximum atomic E-state index is 12.8. The van der Waals surface area contributed by atoms with Crippen molar-refractivity contribution in [1.82, 2.24) is 10.2 Å². The van der Waals surface area contributed by atoms with Crippen molar-refractivity contribution < 1.29 is 14.3 Å². The first kappa shape index (κ1) is 21.5. The first-order valence-electron chi connectivity index (χ1n) is 8.15. The fraction of sp³-hybridized carbons (Fsp3) is 0.263. The van der Waals surface area contributed by atoms with Gasteiger partial charge in [0.2, 0.25) is 5.91 Å². The smallest absolute Gasteiger partial charge is 0.261 e. The van der Waals surface area contributed by atoms with Gasteiger partial charge in [-0.3, -0.25) is 9.59 Å². The minimum absolute atomic E-state index is 0.220. The number of carbonyl (C=O) groups excluding carboxylic acids is 2. The van der Waals surface area contributed by atoms with Crippen molar-refractivity contribution >= 4 is 50.9 Å². The lowest BCUT2D eigenvalue weighted by Crippen LogP contribution is -2.48. The van der Waals surface area contributed by atoms with Crippen LogP contribution in [0.3, 0.4) is 0 Å². The Morgan fingerprint density at radius 3 is 2.52 bits per heavy atom. The number of halogens is 3. The zero-order chi connectivity index (χ0) is 20.0. The van der Waals surface area contributed by atoms with Crippen LogP contribution in [-0.2, 0) is 16.1 Å². The number of hydrogen-bond donors (Lipinski definition) is 1. The fourth-order valence-corrected chi connectivity index (χ4v) is 3.45. The molecule has 0 heterocycles. The number of hydrogen-bond acceptors (Lipinski definition) is 3. The van der Waals surface area contributed by atoms with Gasteiger partial charge >= 0.3 is 0 Å². The Labute approximate surface area is 176 Å². The minimum Gasteiger partial charge on any atom is -0.483 e. The Kier molecular flexibility index (Phi) is 7.95. The molecule has 1 atom stereocenters. The van der Waals surface area contributed by atoms with Crippen LogP contribution in [0.1, 0.15) is 12.5 Å². The number of ether oxygens (including phenoxy) is 1. The number of nitrogens with one attached hydrogen (secondary N) is 1.